The van der Waals surface area contributed by atoms with Gasteiger partial charge in [-0.1, -0.05) is 43.7 Å². The number of non-ortho nitro benzene ring substituents is 1. The first-order chi connectivity index (χ1) is 17.6. The zero-order valence-electron chi connectivity index (χ0n) is 21.1. The van der Waals surface area contributed by atoms with E-state index in [1.165, 1.54) is 23.8 Å². The third kappa shape index (κ3) is 7.78. The van der Waals surface area contributed by atoms with Crippen LogP contribution in [0.1, 0.15) is 40.4 Å². The van der Waals surface area contributed by atoms with Crippen LogP contribution in [-0.4, -0.2) is 38.7 Å². The number of ether oxygens (including phenoxy) is 1. The highest BCUT2D eigenvalue weighted by Gasteiger charge is 2.22. The molecule has 3 rings (SSSR count). The van der Waals surface area contributed by atoms with E-state index < -0.39 is 14.9 Å². The second-order valence-corrected chi connectivity index (χ2v) is 10.6. The largest absolute Gasteiger partial charge is 0.492 e. The van der Waals surface area contributed by atoms with E-state index in [0.717, 1.165) is 29.2 Å². The highest BCUT2D eigenvalue weighted by molar-refractivity contribution is 7.92. The van der Waals surface area contributed by atoms with Crippen molar-refractivity contribution in [3.05, 3.63) is 99.1 Å². The molecule has 0 aliphatic carbocycles. The first-order valence-electron chi connectivity index (χ1n) is 11.9. The van der Waals surface area contributed by atoms with Crippen LogP contribution in [0.15, 0.2) is 66.7 Å². The van der Waals surface area contributed by atoms with E-state index in [1.807, 2.05) is 24.3 Å². The predicted molar refractivity (Wildman–Crippen MR) is 144 cm³/mol. The fraction of sp³-hybridized carbons (Fsp3) is 0.296. The monoisotopic (exact) mass is 525 g/mol. The SMILES string of the molecule is CCCc1ccc(OCCNC(=O)c2ccc(CN(c3cc([N+](=O)[O-])ccc3C)S(C)(=O)=O)cc2)cc1. The van der Waals surface area contributed by atoms with Gasteiger partial charge in [0.1, 0.15) is 12.4 Å². The molecule has 0 fully saturated rings. The number of anilines is 1. The number of aryl methyl sites for hydroxylation is 2. The third-order valence-corrected chi connectivity index (χ3v) is 6.86. The number of carbonyl (C=O) groups excluding carboxylic acids is 1. The van der Waals surface area contributed by atoms with Crippen LogP contribution in [0.4, 0.5) is 11.4 Å². The maximum Gasteiger partial charge on any atom is 0.271 e. The lowest BCUT2D eigenvalue weighted by Crippen LogP contribution is -2.30. The molecule has 3 aromatic carbocycles. The summed E-state index contributed by atoms with van der Waals surface area (Å²) < 4.78 is 31.8. The molecule has 0 saturated carbocycles. The van der Waals surface area contributed by atoms with Gasteiger partial charge in [0.25, 0.3) is 11.6 Å². The summed E-state index contributed by atoms with van der Waals surface area (Å²) in [4.78, 5) is 23.1. The molecule has 0 aliphatic heterocycles. The number of sulfonamides is 1. The average molecular weight is 526 g/mol. The van der Waals surface area contributed by atoms with E-state index in [0.29, 0.717) is 29.8 Å². The molecule has 0 aliphatic rings. The molecular weight excluding hydrogens is 494 g/mol. The Bertz CT molecular complexity index is 1340. The molecule has 0 spiro atoms. The lowest BCUT2D eigenvalue weighted by molar-refractivity contribution is -0.384. The number of nitro benzene ring substituents is 1. The van der Waals surface area contributed by atoms with Gasteiger partial charge in [-0.25, -0.2) is 8.42 Å². The minimum atomic E-state index is -3.73. The Morgan fingerprint density at radius 3 is 2.27 bits per heavy atom. The van der Waals surface area contributed by atoms with Gasteiger partial charge in [0.2, 0.25) is 10.0 Å². The van der Waals surface area contributed by atoms with Crippen LogP contribution in [0.5, 0.6) is 5.75 Å². The molecule has 3 aromatic rings. The van der Waals surface area contributed by atoms with E-state index in [1.54, 1.807) is 31.2 Å². The topological polar surface area (TPSA) is 119 Å². The van der Waals surface area contributed by atoms with Crippen molar-refractivity contribution >= 4 is 27.3 Å². The first kappa shape index (κ1) is 27.7. The quantitative estimate of drug-likeness (QED) is 0.209. The molecule has 0 bridgehead atoms. The predicted octanol–water partition coefficient (Wildman–Crippen LogP) is 4.63. The van der Waals surface area contributed by atoms with Gasteiger partial charge in [-0.15, -0.1) is 0 Å². The fourth-order valence-corrected chi connectivity index (χ4v) is 4.70. The number of hydrogen-bond acceptors (Lipinski definition) is 6. The van der Waals surface area contributed by atoms with Crippen LogP contribution >= 0.6 is 0 Å². The normalized spacial score (nSPS) is 11.1. The van der Waals surface area contributed by atoms with Gasteiger partial charge >= 0.3 is 0 Å². The zero-order valence-corrected chi connectivity index (χ0v) is 22.0. The lowest BCUT2D eigenvalue weighted by atomic mass is 10.1. The van der Waals surface area contributed by atoms with Gasteiger partial charge in [-0.05, 0) is 54.3 Å². The van der Waals surface area contributed by atoms with E-state index in [9.17, 15) is 23.3 Å². The van der Waals surface area contributed by atoms with Crippen LogP contribution in [-0.2, 0) is 23.0 Å². The number of benzene rings is 3. The number of nitrogens with zero attached hydrogens (tertiary/aromatic N) is 2. The number of rotatable bonds is 12. The van der Waals surface area contributed by atoms with Gasteiger partial charge in [0, 0.05) is 17.7 Å². The van der Waals surface area contributed by atoms with Crippen molar-refractivity contribution in [2.45, 2.75) is 33.2 Å². The molecular formula is C27H31N3O6S. The molecule has 0 saturated heterocycles. The Balaban J connectivity index is 1.60. The summed E-state index contributed by atoms with van der Waals surface area (Å²) in [5.74, 6) is 0.468. The molecule has 196 valence electrons. The van der Waals surface area contributed by atoms with E-state index in [-0.39, 0.29) is 23.8 Å². The molecule has 0 aromatic heterocycles. The lowest BCUT2D eigenvalue weighted by Gasteiger charge is -2.24. The van der Waals surface area contributed by atoms with Crippen LogP contribution in [0.2, 0.25) is 0 Å². The van der Waals surface area contributed by atoms with Gasteiger partial charge in [-0.3, -0.25) is 19.2 Å². The summed E-state index contributed by atoms with van der Waals surface area (Å²) in [6.45, 7) is 4.43. The van der Waals surface area contributed by atoms with Crippen molar-refractivity contribution in [2.75, 3.05) is 23.7 Å². The number of nitro groups is 1. The highest BCUT2D eigenvalue weighted by atomic mass is 32.2. The number of carbonyl (C=O) groups is 1. The molecule has 0 radical (unpaired) electrons. The van der Waals surface area contributed by atoms with Crippen molar-refractivity contribution in [3.8, 4) is 5.75 Å². The molecule has 9 nitrogen and oxygen atoms in total. The molecule has 0 heterocycles. The Hall–Kier alpha value is -3.92. The number of nitrogens with one attached hydrogen (secondary N) is 1. The van der Waals surface area contributed by atoms with Gasteiger partial charge in [-0.2, -0.15) is 0 Å². The van der Waals surface area contributed by atoms with E-state index >= 15 is 0 Å². The summed E-state index contributed by atoms with van der Waals surface area (Å²) in [7, 11) is -3.73. The van der Waals surface area contributed by atoms with Gasteiger partial charge < -0.3 is 10.1 Å². The third-order valence-electron chi connectivity index (χ3n) is 5.73. The molecule has 37 heavy (non-hydrogen) atoms. The number of hydrogen-bond donors (Lipinski definition) is 1. The Morgan fingerprint density at radius 2 is 1.68 bits per heavy atom. The second-order valence-electron chi connectivity index (χ2n) is 8.69. The summed E-state index contributed by atoms with van der Waals surface area (Å²) in [5.41, 5.74) is 2.93. The van der Waals surface area contributed by atoms with Crippen molar-refractivity contribution in [3.63, 3.8) is 0 Å². The molecule has 1 amide bonds. The summed E-state index contributed by atoms with van der Waals surface area (Å²) in [6.07, 6.45) is 3.16. The Labute approximate surface area is 217 Å². The standard InChI is InChI=1S/C27H31N3O6S/c1-4-5-21-9-14-25(15-10-21)36-17-16-28-27(31)23-11-7-22(8-12-23)19-29(37(3,34)35)26-18-24(30(32)33)13-6-20(26)2/h6-15,18H,4-5,16-17,19H2,1-3H3,(H,28,31). The Morgan fingerprint density at radius 1 is 1.03 bits per heavy atom. The molecule has 0 unspecified atom stereocenters. The van der Waals surface area contributed by atoms with Crippen LogP contribution in [0, 0.1) is 17.0 Å². The molecule has 1 N–H and O–H groups in total. The minimum Gasteiger partial charge on any atom is -0.492 e. The van der Waals surface area contributed by atoms with Crippen LogP contribution < -0.4 is 14.4 Å². The number of amides is 1. The van der Waals surface area contributed by atoms with Crippen molar-refractivity contribution < 1.29 is 22.9 Å². The van der Waals surface area contributed by atoms with Gasteiger partial charge in [0.15, 0.2) is 0 Å². The second kappa shape index (κ2) is 12.4. The van der Waals surface area contributed by atoms with E-state index in [2.05, 4.69) is 12.2 Å². The van der Waals surface area contributed by atoms with Crippen molar-refractivity contribution in [1.82, 2.24) is 5.32 Å². The summed E-state index contributed by atoms with van der Waals surface area (Å²) in [5, 5.41) is 14.0. The first-order valence-corrected chi connectivity index (χ1v) is 13.7. The van der Waals surface area contributed by atoms with Crippen molar-refractivity contribution in [2.24, 2.45) is 0 Å². The van der Waals surface area contributed by atoms with Gasteiger partial charge in [0.05, 0.1) is 30.0 Å². The Kier molecular flexibility index (Phi) is 9.24. The van der Waals surface area contributed by atoms with Crippen LogP contribution in [0.3, 0.4) is 0 Å². The molecule has 10 heteroatoms. The molecule has 0 atom stereocenters. The smallest absolute Gasteiger partial charge is 0.271 e. The maximum absolute atomic E-state index is 12.5. The van der Waals surface area contributed by atoms with E-state index in [4.69, 9.17) is 4.74 Å². The minimum absolute atomic E-state index is 0.0341. The highest BCUT2D eigenvalue weighted by Crippen LogP contribution is 2.29. The van der Waals surface area contributed by atoms with Crippen molar-refractivity contribution in [1.29, 1.82) is 0 Å². The zero-order chi connectivity index (χ0) is 27.0. The van der Waals surface area contributed by atoms with Crippen LogP contribution in [0.25, 0.3) is 0 Å². The maximum atomic E-state index is 12.5. The summed E-state index contributed by atoms with van der Waals surface area (Å²) in [6, 6.07) is 18.5. The average Bonchev–Trinajstić information content (AvgIpc) is 2.86. The fourth-order valence-electron chi connectivity index (χ4n) is 3.76. The summed E-state index contributed by atoms with van der Waals surface area (Å²) >= 11 is 0.